The van der Waals surface area contributed by atoms with E-state index in [2.05, 4.69) is 0 Å². The highest BCUT2D eigenvalue weighted by Gasteiger charge is 2.53. The van der Waals surface area contributed by atoms with Crippen LogP contribution in [-0.4, -0.2) is 168 Å². The SMILES string of the molecule is OC[C@H]1O[C@@H](O[C@H]2[C@@H](O)[C@@H](CO)O[C@H](O[C@@H]3[C@H](O)[C@@H](O)[C@H](O)O[C@@H]3CO)[C@@H]2O)[C@H](O)[C@@H](O)[C@H]1O. The number of aliphatic hydroxyl groups is 11. The van der Waals surface area contributed by atoms with Crippen molar-refractivity contribution in [1.82, 2.24) is 0 Å². The maximum absolute atomic E-state index is 10.8. The fraction of sp³-hybridized carbons (Fsp3) is 1.00. The molecule has 0 unspecified atom stereocenters. The van der Waals surface area contributed by atoms with E-state index in [1.54, 1.807) is 0 Å². The molecule has 3 rings (SSSR count). The van der Waals surface area contributed by atoms with Crippen LogP contribution < -0.4 is 0 Å². The van der Waals surface area contributed by atoms with Crippen molar-refractivity contribution in [2.75, 3.05) is 19.8 Å². The number of ether oxygens (including phenoxy) is 5. The Bertz CT molecular complexity index is 637. The van der Waals surface area contributed by atoms with Crippen LogP contribution in [0, 0.1) is 0 Å². The van der Waals surface area contributed by atoms with Crippen molar-refractivity contribution < 1.29 is 79.9 Å². The predicted molar refractivity (Wildman–Crippen MR) is 101 cm³/mol. The molecule has 3 aliphatic rings. The average Bonchev–Trinajstić information content (AvgIpc) is 2.83. The van der Waals surface area contributed by atoms with Gasteiger partial charge in [0.2, 0.25) is 0 Å². The second-order valence-corrected chi connectivity index (χ2v) is 8.33. The number of aliphatic hydroxyl groups excluding tert-OH is 11. The Kier molecular flexibility index (Phi) is 9.54. The topological polar surface area (TPSA) is 269 Å². The van der Waals surface area contributed by atoms with E-state index in [0.29, 0.717) is 0 Å². The summed E-state index contributed by atoms with van der Waals surface area (Å²) in [5.74, 6) is 0. The van der Waals surface area contributed by atoms with Gasteiger partial charge in [0, 0.05) is 0 Å². The van der Waals surface area contributed by atoms with E-state index in [0.717, 1.165) is 0 Å². The highest BCUT2D eigenvalue weighted by Crippen LogP contribution is 2.32. The van der Waals surface area contributed by atoms with Gasteiger partial charge in [-0.25, -0.2) is 0 Å². The van der Waals surface area contributed by atoms with Gasteiger partial charge in [-0.15, -0.1) is 0 Å². The van der Waals surface area contributed by atoms with Crippen molar-refractivity contribution in [3.63, 3.8) is 0 Å². The third-order valence-electron chi connectivity index (χ3n) is 6.09. The first-order chi connectivity index (χ1) is 16.0. The van der Waals surface area contributed by atoms with Gasteiger partial charge >= 0.3 is 0 Å². The fourth-order valence-corrected chi connectivity index (χ4v) is 4.05. The van der Waals surface area contributed by atoms with E-state index in [1.807, 2.05) is 0 Å². The molecule has 0 spiro atoms. The second-order valence-electron chi connectivity index (χ2n) is 8.33. The van der Waals surface area contributed by atoms with Crippen molar-refractivity contribution >= 4 is 0 Å². The molecule has 34 heavy (non-hydrogen) atoms. The first kappa shape index (κ1) is 27.9. The molecule has 15 atom stereocenters. The molecule has 0 saturated carbocycles. The van der Waals surface area contributed by atoms with Gasteiger partial charge in [0.25, 0.3) is 0 Å². The highest BCUT2D eigenvalue weighted by molar-refractivity contribution is 4.96. The zero-order valence-electron chi connectivity index (χ0n) is 17.7. The molecule has 16 heteroatoms. The Hall–Kier alpha value is -0.640. The van der Waals surface area contributed by atoms with Crippen LogP contribution in [0.1, 0.15) is 0 Å². The van der Waals surface area contributed by atoms with Gasteiger partial charge in [0.15, 0.2) is 18.9 Å². The molecule has 0 aromatic carbocycles. The Balaban J connectivity index is 1.78. The number of hydrogen-bond donors (Lipinski definition) is 11. The van der Waals surface area contributed by atoms with Crippen LogP contribution in [-0.2, 0) is 23.7 Å². The van der Waals surface area contributed by atoms with Crippen LogP contribution in [0.25, 0.3) is 0 Å². The minimum atomic E-state index is -1.90. The van der Waals surface area contributed by atoms with Gasteiger partial charge in [-0.3, -0.25) is 0 Å². The first-order valence-electron chi connectivity index (χ1n) is 10.6. The van der Waals surface area contributed by atoms with Crippen LogP contribution in [0.3, 0.4) is 0 Å². The van der Waals surface area contributed by atoms with Gasteiger partial charge in [0.05, 0.1) is 19.8 Å². The Morgan fingerprint density at radius 1 is 0.441 bits per heavy atom. The zero-order chi connectivity index (χ0) is 25.3. The van der Waals surface area contributed by atoms with Crippen LogP contribution in [0.5, 0.6) is 0 Å². The summed E-state index contributed by atoms with van der Waals surface area (Å²) in [7, 11) is 0. The summed E-state index contributed by atoms with van der Waals surface area (Å²) < 4.78 is 26.4. The second kappa shape index (κ2) is 11.6. The van der Waals surface area contributed by atoms with Gasteiger partial charge < -0.3 is 79.9 Å². The van der Waals surface area contributed by atoms with Crippen molar-refractivity contribution in [2.45, 2.75) is 92.1 Å². The summed E-state index contributed by atoms with van der Waals surface area (Å²) in [6.07, 6.45) is -25.4. The Morgan fingerprint density at radius 2 is 0.941 bits per heavy atom. The van der Waals surface area contributed by atoms with Crippen molar-refractivity contribution in [2.24, 2.45) is 0 Å². The van der Waals surface area contributed by atoms with Gasteiger partial charge in [-0.2, -0.15) is 0 Å². The lowest BCUT2D eigenvalue weighted by molar-refractivity contribution is -0.378. The Morgan fingerprint density at radius 3 is 1.50 bits per heavy atom. The molecule has 3 heterocycles. The summed E-state index contributed by atoms with van der Waals surface area (Å²) in [5.41, 5.74) is 0. The summed E-state index contributed by atoms with van der Waals surface area (Å²) in [4.78, 5) is 0. The van der Waals surface area contributed by atoms with E-state index in [9.17, 15) is 56.2 Å². The van der Waals surface area contributed by atoms with Gasteiger partial charge in [-0.05, 0) is 0 Å². The molecule has 0 aliphatic carbocycles. The minimum Gasteiger partial charge on any atom is -0.394 e. The third kappa shape index (κ3) is 5.37. The molecule has 16 nitrogen and oxygen atoms in total. The molecule has 0 bridgehead atoms. The number of rotatable bonds is 7. The maximum Gasteiger partial charge on any atom is 0.187 e. The van der Waals surface area contributed by atoms with Crippen LogP contribution >= 0.6 is 0 Å². The maximum atomic E-state index is 10.8. The molecular weight excluding hydrogens is 472 g/mol. The smallest absolute Gasteiger partial charge is 0.187 e. The summed E-state index contributed by atoms with van der Waals surface area (Å²) >= 11 is 0. The fourth-order valence-electron chi connectivity index (χ4n) is 4.05. The molecule has 3 aliphatic heterocycles. The lowest BCUT2D eigenvalue weighted by atomic mass is 9.96. The van der Waals surface area contributed by atoms with E-state index in [4.69, 9.17) is 23.7 Å². The van der Waals surface area contributed by atoms with Gasteiger partial charge in [-0.1, -0.05) is 0 Å². The molecule has 3 fully saturated rings. The summed E-state index contributed by atoms with van der Waals surface area (Å²) in [5, 5.41) is 109. The largest absolute Gasteiger partial charge is 0.394 e. The van der Waals surface area contributed by atoms with Crippen molar-refractivity contribution in [3.05, 3.63) is 0 Å². The van der Waals surface area contributed by atoms with E-state index < -0.39 is 112 Å². The first-order valence-corrected chi connectivity index (χ1v) is 10.6. The quantitative estimate of drug-likeness (QED) is 0.154. The molecule has 0 radical (unpaired) electrons. The van der Waals surface area contributed by atoms with Crippen molar-refractivity contribution in [3.8, 4) is 0 Å². The van der Waals surface area contributed by atoms with Crippen LogP contribution in [0.15, 0.2) is 0 Å². The molecule has 0 amide bonds. The normalized spacial score (nSPS) is 52.5. The molecule has 11 N–H and O–H groups in total. The molecule has 0 aromatic heterocycles. The molecule has 0 aromatic rings. The zero-order valence-corrected chi connectivity index (χ0v) is 17.7. The molecule has 200 valence electrons. The van der Waals surface area contributed by atoms with Crippen LogP contribution in [0.4, 0.5) is 0 Å². The van der Waals surface area contributed by atoms with E-state index in [-0.39, 0.29) is 0 Å². The van der Waals surface area contributed by atoms with E-state index in [1.165, 1.54) is 0 Å². The molecule has 3 saturated heterocycles. The monoisotopic (exact) mass is 504 g/mol. The van der Waals surface area contributed by atoms with Gasteiger partial charge in [0.1, 0.15) is 73.2 Å². The number of hydrogen-bond acceptors (Lipinski definition) is 16. The van der Waals surface area contributed by atoms with E-state index >= 15 is 0 Å². The Labute approximate surface area is 192 Å². The lowest BCUT2D eigenvalue weighted by Crippen LogP contribution is -2.66. The standard InChI is InChI=1S/C18H32O16/c19-1-4-7(22)9(24)12(27)17(31-4)34-15-8(23)5(2-20)32-18(13(15)28)33-14-6(3-21)30-16(29)11(26)10(14)25/h4-29H,1-3H2/t4-,5-,6-,7+,8+,9+,10-,11-,12-,13-,14+,15+,16-,17+,18-/m1/s1. The average molecular weight is 504 g/mol. The highest BCUT2D eigenvalue weighted by atomic mass is 16.7. The predicted octanol–water partition coefficient (Wildman–Crippen LogP) is -7.57. The summed E-state index contributed by atoms with van der Waals surface area (Å²) in [6, 6.07) is 0. The molecular formula is C18H32O16. The lowest BCUT2D eigenvalue weighted by Gasteiger charge is -2.47. The van der Waals surface area contributed by atoms with Crippen molar-refractivity contribution in [1.29, 1.82) is 0 Å². The third-order valence-corrected chi connectivity index (χ3v) is 6.09. The minimum absolute atomic E-state index is 0.759. The van der Waals surface area contributed by atoms with Crippen LogP contribution in [0.2, 0.25) is 0 Å². The summed E-state index contributed by atoms with van der Waals surface area (Å²) in [6.45, 7) is -2.34.